The summed E-state index contributed by atoms with van der Waals surface area (Å²) >= 11 is 1.82. The van der Waals surface area contributed by atoms with Gasteiger partial charge in [-0.25, -0.2) is 0 Å². The maximum Gasteiger partial charge on any atom is 0.0242 e. The van der Waals surface area contributed by atoms with Gasteiger partial charge in [0.25, 0.3) is 0 Å². The largest absolute Gasteiger partial charge is 0.302 e. The van der Waals surface area contributed by atoms with Crippen molar-refractivity contribution in [2.24, 2.45) is 11.3 Å². The average Bonchev–Trinajstić information content (AvgIpc) is 3.00. The molecule has 2 aliphatic rings. The van der Waals surface area contributed by atoms with E-state index >= 15 is 0 Å². The lowest BCUT2D eigenvalue weighted by atomic mass is 9.79. The Morgan fingerprint density at radius 3 is 2.80 bits per heavy atom. The topological polar surface area (TPSA) is 6.48 Å². The van der Waals surface area contributed by atoms with Gasteiger partial charge in [0.15, 0.2) is 0 Å². The van der Waals surface area contributed by atoms with E-state index in [0.29, 0.717) is 5.41 Å². The van der Waals surface area contributed by atoms with Gasteiger partial charge in [0.2, 0.25) is 0 Å². The van der Waals surface area contributed by atoms with Crippen LogP contribution in [0.3, 0.4) is 0 Å². The second-order valence-electron chi connectivity index (χ2n) is 7.32. The van der Waals surface area contributed by atoms with Crippen molar-refractivity contribution in [3.05, 3.63) is 22.4 Å². The van der Waals surface area contributed by atoms with E-state index in [-0.39, 0.29) is 0 Å². The summed E-state index contributed by atoms with van der Waals surface area (Å²) in [6.45, 7) is 12.4. The van der Waals surface area contributed by atoms with Gasteiger partial charge in [0.05, 0.1) is 0 Å². The molecule has 0 aromatic carbocycles. The van der Waals surface area contributed by atoms with Crippen molar-refractivity contribution in [3.63, 3.8) is 0 Å². The summed E-state index contributed by atoms with van der Waals surface area (Å²) in [5, 5.41) is 4.50. The van der Waals surface area contributed by atoms with Gasteiger partial charge in [0, 0.05) is 26.2 Å². The molecule has 2 nitrogen and oxygen atoms in total. The lowest BCUT2D eigenvalue weighted by Crippen LogP contribution is -2.45. The lowest BCUT2D eigenvalue weighted by molar-refractivity contribution is 0.0833. The quantitative estimate of drug-likeness (QED) is 0.835. The number of piperidine rings is 1. The number of likely N-dealkylation sites (tertiary alicyclic amines) is 2. The number of nitrogens with zero attached hydrogens (tertiary/aromatic N) is 2. The van der Waals surface area contributed by atoms with Crippen LogP contribution in [-0.4, -0.2) is 42.5 Å². The van der Waals surface area contributed by atoms with E-state index in [2.05, 4.69) is 40.5 Å². The highest BCUT2D eigenvalue weighted by atomic mass is 32.1. The molecule has 0 amide bonds. The number of rotatable bonds is 4. The van der Waals surface area contributed by atoms with E-state index in [4.69, 9.17) is 0 Å². The van der Waals surface area contributed by atoms with Crippen LogP contribution in [0.25, 0.3) is 0 Å². The molecule has 3 heterocycles. The molecule has 3 rings (SSSR count). The van der Waals surface area contributed by atoms with Gasteiger partial charge in [-0.1, -0.05) is 13.8 Å². The van der Waals surface area contributed by atoms with Crippen LogP contribution in [0, 0.1) is 11.3 Å². The van der Waals surface area contributed by atoms with Crippen molar-refractivity contribution in [2.75, 3.05) is 32.7 Å². The number of thiophene rings is 1. The SMILES string of the molecule is CC(C)CN1CCCC2(CCN(Cc3ccsc3)C2)C1. The third kappa shape index (κ3) is 3.44. The van der Waals surface area contributed by atoms with Crippen LogP contribution in [0.15, 0.2) is 16.8 Å². The predicted molar refractivity (Wildman–Crippen MR) is 87.2 cm³/mol. The summed E-state index contributed by atoms with van der Waals surface area (Å²) in [7, 11) is 0. The van der Waals surface area contributed by atoms with Crippen molar-refractivity contribution >= 4 is 11.3 Å². The van der Waals surface area contributed by atoms with Crippen LogP contribution in [0.4, 0.5) is 0 Å². The summed E-state index contributed by atoms with van der Waals surface area (Å²) in [4.78, 5) is 5.41. The van der Waals surface area contributed by atoms with Crippen molar-refractivity contribution in [1.82, 2.24) is 9.80 Å². The molecule has 3 heteroatoms. The van der Waals surface area contributed by atoms with Gasteiger partial charge in [0.1, 0.15) is 0 Å². The second-order valence-corrected chi connectivity index (χ2v) is 8.10. The molecule has 20 heavy (non-hydrogen) atoms. The van der Waals surface area contributed by atoms with Crippen molar-refractivity contribution in [3.8, 4) is 0 Å². The Morgan fingerprint density at radius 2 is 2.05 bits per heavy atom. The fraction of sp³-hybridized carbons (Fsp3) is 0.765. The first-order valence-corrected chi connectivity index (χ1v) is 9.05. The Bertz CT molecular complexity index is 415. The van der Waals surface area contributed by atoms with E-state index in [0.717, 1.165) is 12.5 Å². The standard InChI is InChI=1S/C17H28N2S/c1-15(2)10-18-7-3-5-17(13-18)6-8-19(14-17)11-16-4-9-20-12-16/h4,9,12,15H,3,5-8,10-11,13-14H2,1-2H3. The zero-order valence-electron chi connectivity index (χ0n) is 13.0. The van der Waals surface area contributed by atoms with Gasteiger partial charge >= 0.3 is 0 Å². The second kappa shape index (κ2) is 6.17. The Balaban J connectivity index is 1.57. The fourth-order valence-electron chi connectivity index (χ4n) is 4.12. The Hall–Kier alpha value is -0.380. The summed E-state index contributed by atoms with van der Waals surface area (Å²) in [6, 6.07) is 2.28. The first kappa shape index (κ1) is 14.6. The van der Waals surface area contributed by atoms with E-state index in [1.807, 2.05) is 11.3 Å². The molecule has 2 fully saturated rings. The van der Waals surface area contributed by atoms with Gasteiger partial charge in [-0.2, -0.15) is 11.3 Å². The highest BCUT2D eigenvalue weighted by Gasteiger charge is 2.41. The molecule has 1 unspecified atom stereocenters. The van der Waals surface area contributed by atoms with Gasteiger partial charge < -0.3 is 4.90 Å². The summed E-state index contributed by atoms with van der Waals surface area (Å²) < 4.78 is 0. The summed E-state index contributed by atoms with van der Waals surface area (Å²) in [6.07, 6.45) is 4.26. The minimum absolute atomic E-state index is 0.600. The first-order valence-electron chi connectivity index (χ1n) is 8.11. The number of hydrogen-bond acceptors (Lipinski definition) is 3. The zero-order valence-corrected chi connectivity index (χ0v) is 13.8. The van der Waals surface area contributed by atoms with Crippen LogP contribution in [0.2, 0.25) is 0 Å². The molecule has 0 radical (unpaired) electrons. The molecule has 1 aromatic rings. The summed E-state index contributed by atoms with van der Waals surface area (Å²) in [5.74, 6) is 0.800. The predicted octanol–water partition coefficient (Wildman–Crippen LogP) is 3.69. The maximum atomic E-state index is 2.72. The van der Waals surface area contributed by atoms with Gasteiger partial charge in [-0.15, -0.1) is 0 Å². The van der Waals surface area contributed by atoms with Crippen LogP contribution in [0.1, 0.15) is 38.7 Å². The molecule has 1 spiro atoms. The molecule has 1 atom stereocenters. The van der Waals surface area contributed by atoms with E-state index in [1.165, 1.54) is 57.5 Å². The third-order valence-corrected chi connectivity index (χ3v) is 5.60. The van der Waals surface area contributed by atoms with Gasteiger partial charge in [-0.3, -0.25) is 4.90 Å². The molecule has 1 aromatic heterocycles. The van der Waals surface area contributed by atoms with E-state index < -0.39 is 0 Å². The molecule has 0 saturated carbocycles. The molecule has 2 aliphatic heterocycles. The molecular weight excluding hydrogens is 264 g/mol. The highest BCUT2D eigenvalue weighted by molar-refractivity contribution is 7.07. The molecule has 0 aliphatic carbocycles. The summed E-state index contributed by atoms with van der Waals surface area (Å²) in [5.41, 5.74) is 2.10. The molecule has 0 N–H and O–H groups in total. The Morgan fingerprint density at radius 1 is 1.20 bits per heavy atom. The normalized spacial score (nSPS) is 28.8. The van der Waals surface area contributed by atoms with Crippen LogP contribution in [-0.2, 0) is 6.54 Å². The molecule has 112 valence electrons. The van der Waals surface area contributed by atoms with Crippen LogP contribution >= 0.6 is 11.3 Å². The van der Waals surface area contributed by atoms with Crippen molar-refractivity contribution in [2.45, 2.75) is 39.7 Å². The van der Waals surface area contributed by atoms with E-state index in [1.54, 1.807) is 0 Å². The van der Waals surface area contributed by atoms with Crippen LogP contribution in [0.5, 0.6) is 0 Å². The average molecular weight is 292 g/mol. The molecular formula is C17H28N2S. The highest BCUT2D eigenvalue weighted by Crippen LogP contribution is 2.39. The van der Waals surface area contributed by atoms with Crippen molar-refractivity contribution < 1.29 is 0 Å². The fourth-order valence-corrected chi connectivity index (χ4v) is 4.78. The maximum absolute atomic E-state index is 2.72. The Labute approximate surface area is 127 Å². The van der Waals surface area contributed by atoms with Crippen LogP contribution < -0.4 is 0 Å². The van der Waals surface area contributed by atoms with Crippen molar-refractivity contribution in [1.29, 1.82) is 0 Å². The molecule has 2 saturated heterocycles. The number of hydrogen-bond donors (Lipinski definition) is 0. The minimum atomic E-state index is 0.600. The minimum Gasteiger partial charge on any atom is -0.302 e. The lowest BCUT2D eigenvalue weighted by Gasteiger charge is -2.41. The monoisotopic (exact) mass is 292 g/mol. The zero-order chi connectivity index (χ0) is 14.0. The van der Waals surface area contributed by atoms with Gasteiger partial charge in [-0.05, 0) is 66.1 Å². The molecule has 0 bridgehead atoms. The Kier molecular flexibility index (Phi) is 4.49. The first-order chi connectivity index (χ1) is 9.65. The van der Waals surface area contributed by atoms with E-state index in [9.17, 15) is 0 Å². The third-order valence-electron chi connectivity index (χ3n) is 4.87. The smallest absolute Gasteiger partial charge is 0.0242 e.